The molecule has 1 aliphatic heterocycles. The van der Waals surface area contributed by atoms with E-state index < -0.39 is 0 Å². The zero-order chi connectivity index (χ0) is 20.1. The summed E-state index contributed by atoms with van der Waals surface area (Å²) in [4.78, 5) is 19.7. The van der Waals surface area contributed by atoms with Gasteiger partial charge in [0.2, 0.25) is 0 Å². The molecule has 154 valence electrons. The molecule has 0 bridgehead atoms. The molecule has 0 unspecified atom stereocenters. The Morgan fingerprint density at radius 2 is 2.04 bits per heavy atom. The third-order valence-corrected chi connectivity index (χ3v) is 5.12. The van der Waals surface area contributed by atoms with Gasteiger partial charge in [-0.05, 0) is 19.4 Å². The van der Waals surface area contributed by atoms with Crippen molar-refractivity contribution in [2.75, 3.05) is 39.4 Å². The van der Waals surface area contributed by atoms with E-state index in [1.54, 1.807) is 6.20 Å². The first-order valence-corrected chi connectivity index (χ1v) is 10.4. The number of fused-ring (bicyclic) bond motifs is 1. The Balaban J connectivity index is 1.69. The van der Waals surface area contributed by atoms with Crippen LogP contribution in [0.4, 0.5) is 0 Å². The van der Waals surface area contributed by atoms with Gasteiger partial charge in [-0.25, -0.2) is 9.50 Å². The van der Waals surface area contributed by atoms with Gasteiger partial charge in [-0.1, -0.05) is 34.1 Å². The van der Waals surface area contributed by atoms with Gasteiger partial charge in [-0.15, -0.1) is 0 Å². The molecule has 3 heterocycles. The molecule has 0 atom stereocenters. The van der Waals surface area contributed by atoms with Crippen LogP contribution in [0.15, 0.2) is 12.3 Å². The van der Waals surface area contributed by atoms with Crippen molar-refractivity contribution < 1.29 is 9.53 Å². The fourth-order valence-corrected chi connectivity index (χ4v) is 3.44. The Bertz CT molecular complexity index is 803. The fourth-order valence-electron chi connectivity index (χ4n) is 3.44. The quantitative estimate of drug-likeness (QED) is 0.739. The molecule has 3 rings (SSSR count). The molecule has 7 heteroatoms. The van der Waals surface area contributed by atoms with Gasteiger partial charge in [0.05, 0.1) is 30.2 Å². The van der Waals surface area contributed by atoms with Crippen LogP contribution in [0.2, 0.25) is 0 Å². The summed E-state index contributed by atoms with van der Waals surface area (Å²) < 4.78 is 7.22. The normalized spacial score (nSPS) is 15.9. The number of ether oxygens (including phenoxy) is 1. The second-order valence-electron chi connectivity index (χ2n) is 8.48. The number of aromatic nitrogens is 3. The van der Waals surface area contributed by atoms with Crippen molar-refractivity contribution in [3.63, 3.8) is 0 Å². The second-order valence-corrected chi connectivity index (χ2v) is 8.48. The summed E-state index contributed by atoms with van der Waals surface area (Å²) in [5.41, 5.74) is 3.30. The number of carbonyl (C=O) groups excluding carboxylic acids is 1. The van der Waals surface area contributed by atoms with Gasteiger partial charge in [0.25, 0.3) is 5.91 Å². The molecule has 1 amide bonds. The Hall–Kier alpha value is -1.99. The van der Waals surface area contributed by atoms with Crippen LogP contribution in [-0.4, -0.2) is 64.8 Å². The number of hydrogen-bond acceptors (Lipinski definition) is 5. The molecule has 28 heavy (non-hydrogen) atoms. The number of aryl methyl sites for hydroxylation is 1. The smallest absolute Gasteiger partial charge is 0.254 e. The minimum atomic E-state index is -0.0624. The topological polar surface area (TPSA) is 71.8 Å². The van der Waals surface area contributed by atoms with Crippen LogP contribution in [-0.2, 0) is 16.6 Å². The highest BCUT2D eigenvalue weighted by atomic mass is 16.5. The van der Waals surface area contributed by atoms with Crippen LogP contribution in [0.25, 0.3) is 5.65 Å². The zero-order valence-electron chi connectivity index (χ0n) is 17.6. The monoisotopic (exact) mass is 387 g/mol. The lowest BCUT2D eigenvalue weighted by Gasteiger charge is -2.26. The predicted octanol–water partition coefficient (Wildman–Crippen LogP) is 2.43. The molecular weight excluding hydrogens is 354 g/mol. The van der Waals surface area contributed by atoms with E-state index in [1.807, 2.05) is 10.6 Å². The average Bonchev–Trinajstić information content (AvgIpc) is 3.12. The van der Waals surface area contributed by atoms with E-state index in [-0.39, 0.29) is 11.3 Å². The number of amides is 1. The highest BCUT2D eigenvalue weighted by Crippen LogP contribution is 2.23. The van der Waals surface area contributed by atoms with Gasteiger partial charge in [-0.3, -0.25) is 9.69 Å². The van der Waals surface area contributed by atoms with Gasteiger partial charge >= 0.3 is 0 Å². The van der Waals surface area contributed by atoms with E-state index in [9.17, 15) is 4.79 Å². The lowest BCUT2D eigenvalue weighted by atomic mass is 9.93. The fraction of sp³-hybridized carbons (Fsp3) is 0.667. The summed E-state index contributed by atoms with van der Waals surface area (Å²) in [6.07, 6.45) is 4.37. The summed E-state index contributed by atoms with van der Waals surface area (Å²) in [6.45, 7) is 13.7. The summed E-state index contributed by atoms with van der Waals surface area (Å²) in [6, 6.07) is 2.02. The largest absolute Gasteiger partial charge is 0.379 e. The molecule has 2 aromatic rings. The van der Waals surface area contributed by atoms with Crippen molar-refractivity contribution in [1.82, 2.24) is 24.8 Å². The van der Waals surface area contributed by atoms with Crippen molar-refractivity contribution in [2.24, 2.45) is 0 Å². The van der Waals surface area contributed by atoms with Crippen LogP contribution < -0.4 is 5.32 Å². The SMILES string of the molecule is CCCc1c(C(=O)NCCCN2CCOCC2)cnc2cc(C(C)(C)C)nn12. The average molecular weight is 388 g/mol. The predicted molar refractivity (Wildman–Crippen MR) is 110 cm³/mol. The number of hydrogen-bond donors (Lipinski definition) is 1. The van der Waals surface area contributed by atoms with Gasteiger partial charge in [-0.2, -0.15) is 5.10 Å². The van der Waals surface area contributed by atoms with Crippen molar-refractivity contribution in [1.29, 1.82) is 0 Å². The third-order valence-electron chi connectivity index (χ3n) is 5.12. The maximum atomic E-state index is 12.8. The molecule has 2 aromatic heterocycles. The standard InChI is InChI=1S/C21H33N5O2/c1-5-7-17-16(15-23-19-14-18(21(2,3)4)24-26(17)19)20(27)22-8-6-9-25-10-12-28-13-11-25/h14-15H,5-13H2,1-4H3,(H,22,27). The molecule has 7 nitrogen and oxygen atoms in total. The molecule has 1 saturated heterocycles. The van der Waals surface area contributed by atoms with E-state index in [1.165, 1.54) is 0 Å². The zero-order valence-corrected chi connectivity index (χ0v) is 17.6. The minimum Gasteiger partial charge on any atom is -0.379 e. The number of morpholine rings is 1. The van der Waals surface area contributed by atoms with Crippen LogP contribution in [0.3, 0.4) is 0 Å². The Kier molecular flexibility index (Phi) is 6.67. The van der Waals surface area contributed by atoms with Crippen LogP contribution in [0.1, 0.15) is 62.3 Å². The van der Waals surface area contributed by atoms with E-state index >= 15 is 0 Å². The van der Waals surface area contributed by atoms with E-state index in [4.69, 9.17) is 9.84 Å². The first-order valence-electron chi connectivity index (χ1n) is 10.4. The van der Waals surface area contributed by atoms with Crippen molar-refractivity contribution >= 4 is 11.6 Å². The van der Waals surface area contributed by atoms with E-state index in [0.717, 1.165) is 69.1 Å². The lowest BCUT2D eigenvalue weighted by molar-refractivity contribution is 0.0374. The van der Waals surface area contributed by atoms with Crippen LogP contribution >= 0.6 is 0 Å². The molecule has 0 saturated carbocycles. The first-order chi connectivity index (χ1) is 13.4. The van der Waals surface area contributed by atoms with Crippen molar-refractivity contribution in [3.8, 4) is 0 Å². The highest BCUT2D eigenvalue weighted by molar-refractivity contribution is 5.95. The van der Waals surface area contributed by atoms with Crippen molar-refractivity contribution in [3.05, 3.63) is 29.2 Å². The number of carbonyl (C=O) groups is 1. The second kappa shape index (κ2) is 9.01. The first kappa shape index (κ1) is 20.7. The molecule has 0 radical (unpaired) electrons. The number of nitrogens with zero attached hydrogens (tertiary/aromatic N) is 4. The molecule has 1 N–H and O–H groups in total. The summed E-state index contributed by atoms with van der Waals surface area (Å²) in [7, 11) is 0. The summed E-state index contributed by atoms with van der Waals surface area (Å²) in [5, 5.41) is 7.82. The summed E-state index contributed by atoms with van der Waals surface area (Å²) in [5.74, 6) is -0.0624. The van der Waals surface area contributed by atoms with Gasteiger partial charge in [0.1, 0.15) is 0 Å². The third kappa shape index (κ3) is 4.89. The van der Waals surface area contributed by atoms with Crippen LogP contribution in [0, 0.1) is 0 Å². The number of rotatable bonds is 7. The maximum Gasteiger partial charge on any atom is 0.254 e. The molecule has 0 aliphatic carbocycles. The maximum absolute atomic E-state index is 12.8. The lowest BCUT2D eigenvalue weighted by Crippen LogP contribution is -2.38. The van der Waals surface area contributed by atoms with Gasteiger partial charge < -0.3 is 10.1 Å². The van der Waals surface area contributed by atoms with Crippen LogP contribution in [0.5, 0.6) is 0 Å². The molecule has 0 spiro atoms. The Morgan fingerprint density at radius 3 is 2.71 bits per heavy atom. The molecular formula is C21H33N5O2. The Labute approximate surface area is 167 Å². The van der Waals surface area contributed by atoms with E-state index in [2.05, 4.69) is 42.9 Å². The van der Waals surface area contributed by atoms with Gasteiger partial charge in [0.15, 0.2) is 5.65 Å². The number of nitrogens with one attached hydrogen (secondary N) is 1. The van der Waals surface area contributed by atoms with Crippen molar-refractivity contribution in [2.45, 2.75) is 52.4 Å². The van der Waals surface area contributed by atoms with Gasteiger partial charge in [0, 0.05) is 37.3 Å². The minimum absolute atomic E-state index is 0.0564. The molecule has 1 fully saturated rings. The molecule has 0 aromatic carbocycles. The highest BCUT2D eigenvalue weighted by Gasteiger charge is 2.21. The van der Waals surface area contributed by atoms with E-state index in [0.29, 0.717) is 12.1 Å². The summed E-state index contributed by atoms with van der Waals surface area (Å²) >= 11 is 0. The Morgan fingerprint density at radius 1 is 1.29 bits per heavy atom. The molecule has 1 aliphatic rings.